The van der Waals surface area contributed by atoms with Gasteiger partial charge in [0.25, 0.3) is 0 Å². The van der Waals surface area contributed by atoms with Crippen molar-refractivity contribution >= 4 is 52.8 Å². The molecule has 3 N–H and O–H groups in total. The molecule has 0 unspecified atom stereocenters. The molecular formula is C30H47Cl3N8O4. The van der Waals surface area contributed by atoms with E-state index in [0.29, 0.717) is 18.2 Å². The molecule has 15 heteroatoms. The number of hydrogen-bond donors (Lipinski definition) is 2. The highest BCUT2D eigenvalue weighted by atomic mass is 35.5. The van der Waals surface area contributed by atoms with Gasteiger partial charge in [0.05, 0.1) is 0 Å². The number of carbonyl (C=O) groups is 2. The van der Waals surface area contributed by atoms with Crippen LogP contribution in [0, 0.1) is 13.8 Å². The minimum Gasteiger partial charge on any atom is -0.444 e. The number of hydrogen-bond acceptors (Lipinski definition) is 10. The molecule has 0 aliphatic carbocycles. The molecule has 12 nitrogen and oxygen atoms in total. The van der Waals surface area contributed by atoms with Gasteiger partial charge in [-0.3, -0.25) is 0 Å². The molecule has 2 fully saturated rings. The summed E-state index contributed by atoms with van der Waals surface area (Å²) >= 11 is 16.8. The van der Waals surface area contributed by atoms with Gasteiger partial charge in [0.15, 0.2) is 0 Å². The second kappa shape index (κ2) is 17.3. The minimum atomic E-state index is -0.478. The maximum absolute atomic E-state index is 12.2. The number of halogens is 3. The van der Waals surface area contributed by atoms with Crippen LogP contribution in [0.5, 0.6) is 0 Å². The fourth-order valence-electron chi connectivity index (χ4n) is 4.25. The number of piperidine rings is 2. The highest BCUT2D eigenvalue weighted by Crippen LogP contribution is 2.20. The Morgan fingerprint density at radius 1 is 0.822 bits per heavy atom. The summed E-state index contributed by atoms with van der Waals surface area (Å²) in [4.78, 5) is 42.8. The van der Waals surface area contributed by atoms with Crippen LogP contribution in [-0.4, -0.2) is 91.4 Å². The molecule has 0 bridgehead atoms. The van der Waals surface area contributed by atoms with Crippen LogP contribution in [-0.2, 0) is 9.47 Å². The van der Waals surface area contributed by atoms with E-state index >= 15 is 0 Å². The minimum absolute atomic E-state index is 0.108. The second-order valence-electron chi connectivity index (χ2n) is 13.0. The number of rotatable bonds is 2. The first-order valence-electron chi connectivity index (χ1n) is 14.9. The molecule has 2 aliphatic heterocycles. The summed E-state index contributed by atoms with van der Waals surface area (Å²) in [5, 5.41) is 4.17. The van der Waals surface area contributed by atoms with E-state index in [4.69, 9.17) is 50.0 Å². The number of amides is 2. The molecule has 2 atom stereocenters. The predicted octanol–water partition coefficient (Wildman–Crippen LogP) is 6.69. The molecule has 0 saturated carbocycles. The van der Waals surface area contributed by atoms with Gasteiger partial charge in [-0.25, -0.2) is 29.5 Å². The fourth-order valence-corrected chi connectivity index (χ4v) is 4.69. The van der Waals surface area contributed by atoms with Crippen LogP contribution >= 0.6 is 34.8 Å². The standard InChI is InChI=1S/C15H23ClN4O2.C10H20N2O2.C5H4Cl2N2/c1-10-8-17-13(16)19-12(10)18-11-6-5-7-20(9-11)14(21)22-15(2,3)4;1-10(2,3)14-9(13)12-6-4-5-8(11)7-12;1-3-2-8-5(7)9-4(3)6/h8,11H,5-7,9H2,1-4H3,(H,17,18,19);8H,4-7,11H2,1-3H3;2H,1H3/t11-;8-;/m11./s1. The third kappa shape index (κ3) is 15.0. The summed E-state index contributed by atoms with van der Waals surface area (Å²) in [7, 11) is 0. The maximum Gasteiger partial charge on any atom is 0.410 e. The van der Waals surface area contributed by atoms with Gasteiger partial charge in [0.2, 0.25) is 10.6 Å². The Morgan fingerprint density at radius 2 is 1.31 bits per heavy atom. The van der Waals surface area contributed by atoms with Gasteiger partial charge in [0, 0.05) is 61.8 Å². The highest BCUT2D eigenvalue weighted by Gasteiger charge is 2.28. The van der Waals surface area contributed by atoms with Gasteiger partial charge in [0.1, 0.15) is 22.2 Å². The number of nitrogens with one attached hydrogen (secondary N) is 1. The van der Waals surface area contributed by atoms with E-state index in [1.165, 1.54) is 0 Å². The number of nitrogens with two attached hydrogens (primary N) is 1. The van der Waals surface area contributed by atoms with E-state index in [2.05, 4.69) is 25.3 Å². The van der Waals surface area contributed by atoms with Crippen LogP contribution < -0.4 is 11.1 Å². The molecule has 2 aromatic heterocycles. The highest BCUT2D eigenvalue weighted by molar-refractivity contribution is 6.32. The molecule has 2 saturated heterocycles. The average molecular weight is 690 g/mol. The zero-order chi connectivity index (χ0) is 33.9. The van der Waals surface area contributed by atoms with Crippen molar-refractivity contribution in [1.29, 1.82) is 0 Å². The van der Waals surface area contributed by atoms with Crippen molar-refractivity contribution < 1.29 is 19.1 Å². The maximum atomic E-state index is 12.2. The Bertz CT molecular complexity index is 1270. The Kier molecular flexibility index (Phi) is 14.8. The van der Waals surface area contributed by atoms with Gasteiger partial charge in [-0.1, -0.05) is 11.6 Å². The first-order valence-corrected chi connectivity index (χ1v) is 16.1. The second-order valence-corrected chi connectivity index (χ2v) is 14.1. The van der Waals surface area contributed by atoms with Crippen molar-refractivity contribution in [3.63, 3.8) is 0 Å². The summed E-state index contributed by atoms with van der Waals surface area (Å²) < 4.78 is 10.7. The lowest BCUT2D eigenvalue weighted by Gasteiger charge is -2.34. The van der Waals surface area contributed by atoms with Crippen LogP contribution in [0.15, 0.2) is 12.4 Å². The summed E-state index contributed by atoms with van der Waals surface area (Å²) in [6.45, 7) is 17.7. The summed E-state index contributed by atoms with van der Waals surface area (Å²) in [5.41, 5.74) is 6.65. The molecule has 0 radical (unpaired) electrons. The molecule has 4 heterocycles. The summed E-state index contributed by atoms with van der Waals surface area (Å²) in [6, 6.07) is 0.238. The van der Waals surface area contributed by atoms with Crippen LogP contribution in [0.1, 0.15) is 78.4 Å². The zero-order valence-corrected chi connectivity index (χ0v) is 29.8. The number of anilines is 1. The monoisotopic (exact) mass is 688 g/mol. The van der Waals surface area contributed by atoms with Crippen LogP contribution in [0.4, 0.5) is 15.4 Å². The van der Waals surface area contributed by atoms with Crippen molar-refractivity contribution in [2.45, 2.75) is 104 Å². The first kappa shape index (κ1) is 38.5. The number of carbonyl (C=O) groups excluding carboxylic acids is 2. The predicted molar refractivity (Wildman–Crippen MR) is 178 cm³/mol. The zero-order valence-electron chi connectivity index (χ0n) is 27.5. The quantitative estimate of drug-likeness (QED) is 0.258. The lowest BCUT2D eigenvalue weighted by atomic mass is 10.1. The van der Waals surface area contributed by atoms with Gasteiger partial charge in [-0.15, -0.1) is 0 Å². The van der Waals surface area contributed by atoms with Gasteiger partial charge < -0.3 is 30.3 Å². The third-order valence-corrected chi connectivity index (χ3v) is 7.09. The molecule has 252 valence electrons. The molecule has 2 aliphatic rings. The van der Waals surface area contributed by atoms with Gasteiger partial charge >= 0.3 is 12.2 Å². The van der Waals surface area contributed by atoms with Gasteiger partial charge in [-0.2, -0.15) is 0 Å². The third-order valence-electron chi connectivity index (χ3n) is 6.35. The van der Waals surface area contributed by atoms with Crippen molar-refractivity contribution in [2.24, 2.45) is 5.73 Å². The van der Waals surface area contributed by atoms with E-state index in [0.717, 1.165) is 55.7 Å². The van der Waals surface area contributed by atoms with E-state index in [-0.39, 0.29) is 34.8 Å². The Labute approximate surface area is 281 Å². The fraction of sp³-hybridized carbons (Fsp3) is 0.667. The van der Waals surface area contributed by atoms with Gasteiger partial charge in [-0.05, 0) is 104 Å². The van der Waals surface area contributed by atoms with Crippen molar-refractivity contribution in [1.82, 2.24) is 29.7 Å². The number of aromatic nitrogens is 4. The normalized spacial score (nSPS) is 18.5. The largest absolute Gasteiger partial charge is 0.444 e. The number of aryl methyl sites for hydroxylation is 2. The van der Waals surface area contributed by atoms with E-state index in [9.17, 15) is 9.59 Å². The number of ether oxygens (including phenoxy) is 2. The van der Waals surface area contributed by atoms with Crippen molar-refractivity contribution in [2.75, 3.05) is 31.5 Å². The lowest BCUT2D eigenvalue weighted by molar-refractivity contribution is 0.0193. The van der Waals surface area contributed by atoms with Crippen molar-refractivity contribution in [3.8, 4) is 0 Å². The molecule has 45 heavy (non-hydrogen) atoms. The lowest BCUT2D eigenvalue weighted by Crippen LogP contribution is -2.47. The Morgan fingerprint density at radius 3 is 1.80 bits per heavy atom. The smallest absolute Gasteiger partial charge is 0.410 e. The molecule has 2 amide bonds. The average Bonchev–Trinajstić information content (AvgIpc) is 2.92. The van der Waals surface area contributed by atoms with Crippen LogP contribution in [0.2, 0.25) is 15.7 Å². The van der Waals surface area contributed by atoms with Crippen LogP contribution in [0.25, 0.3) is 0 Å². The summed E-state index contributed by atoms with van der Waals surface area (Å²) in [6.07, 6.45) is 6.63. The Balaban J connectivity index is 0.000000261. The first-order chi connectivity index (χ1) is 20.8. The van der Waals surface area contributed by atoms with E-state index < -0.39 is 11.2 Å². The molecule has 0 aromatic carbocycles. The topological polar surface area (TPSA) is 149 Å². The SMILES string of the molecule is CC(C)(C)OC(=O)N1CCC[C@@H](N)C1.Cc1cnc(Cl)nc1Cl.Cc1cnc(Cl)nc1N[C@@H]1CCCN(C(=O)OC(C)(C)C)C1. The van der Waals surface area contributed by atoms with E-state index in [1.54, 1.807) is 22.2 Å². The van der Waals surface area contributed by atoms with Crippen LogP contribution in [0.3, 0.4) is 0 Å². The molecule has 4 rings (SSSR count). The van der Waals surface area contributed by atoms with E-state index in [1.807, 2.05) is 55.4 Å². The molecule has 0 spiro atoms. The van der Waals surface area contributed by atoms with Crippen molar-refractivity contribution in [3.05, 3.63) is 39.2 Å². The number of nitrogens with zero attached hydrogens (tertiary/aromatic N) is 6. The molecule has 2 aromatic rings. The number of likely N-dealkylation sites (tertiary alicyclic amines) is 2. The molecular weight excluding hydrogens is 643 g/mol. The summed E-state index contributed by atoms with van der Waals surface area (Å²) in [5.74, 6) is 0.719. The Hall–Kier alpha value is -2.67.